The molecule has 0 radical (unpaired) electrons. The molecule has 4 aliphatic rings. The largest absolute Gasteiger partial charge is 0.396 e. The molecule has 146 valence electrons. The number of hydrogen-bond donors (Lipinski definition) is 2. The van der Waals surface area contributed by atoms with E-state index < -0.39 is 0 Å². The van der Waals surface area contributed by atoms with E-state index in [1.165, 1.54) is 42.5 Å². The lowest BCUT2D eigenvalue weighted by Gasteiger charge is -2.42. The van der Waals surface area contributed by atoms with E-state index in [0.717, 1.165) is 45.0 Å². The lowest BCUT2D eigenvalue weighted by Crippen LogP contribution is -2.56. The Labute approximate surface area is 160 Å². The fourth-order valence-electron chi connectivity index (χ4n) is 4.80. The first kappa shape index (κ1) is 17.4. The molecule has 3 fully saturated rings. The van der Waals surface area contributed by atoms with Crippen molar-refractivity contribution in [3.63, 3.8) is 0 Å². The maximum absolute atomic E-state index is 12.5. The fraction of sp³-hybridized carbons (Fsp3) is 0.714. The summed E-state index contributed by atoms with van der Waals surface area (Å²) >= 11 is 0. The highest BCUT2D eigenvalue weighted by Crippen LogP contribution is 2.43. The second-order valence-corrected chi connectivity index (χ2v) is 8.62. The van der Waals surface area contributed by atoms with Gasteiger partial charge in [-0.15, -0.1) is 0 Å². The van der Waals surface area contributed by atoms with Crippen LogP contribution in [0.15, 0.2) is 6.07 Å². The molecule has 2 aliphatic carbocycles. The van der Waals surface area contributed by atoms with Gasteiger partial charge in [0.2, 0.25) is 5.91 Å². The first-order valence-electron chi connectivity index (χ1n) is 10.6. The predicted octanol–water partition coefficient (Wildman–Crippen LogP) is 1.41. The van der Waals surface area contributed by atoms with E-state index in [0.29, 0.717) is 11.8 Å². The predicted molar refractivity (Wildman–Crippen MR) is 104 cm³/mol. The van der Waals surface area contributed by atoms with Gasteiger partial charge in [0.15, 0.2) is 0 Å². The van der Waals surface area contributed by atoms with Gasteiger partial charge in [-0.05, 0) is 61.8 Å². The Bertz CT molecular complexity index is 729. The number of nitrogens with one attached hydrogen (secondary N) is 1. The van der Waals surface area contributed by atoms with E-state index in [-0.39, 0.29) is 25.0 Å². The summed E-state index contributed by atoms with van der Waals surface area (Å²) in [5, 5.41) is 12.7. The molecule has 1 atom stereocenters. The molecule has 5 rings (SSSR count). The van der Waals surface area contributed by atoms with E-state index in [4.69, 9.17) is 10.1 Å². The van der Waals surface area contributed by atoms with E-state index >= 15 is 0 Å². The van der Waals surface area contributed by atoms with Gasteiger partial charge in [0.05, 0.1) is 18.3 Å². The van der Waals surface area contributed by atoms with Gasteiger partial charge in [0, 0.05) is 38.5 Å². The zero-order valence-corrected chi connectivity index (χ0v) is 16.0. The second kappa shape index (κ2) is 7.06. The first-order chi connectivity index (χ1) is 13.2. The standard InChI is InChI=1S/C21H30N4O2/c26-10-6-20(27)25-9-8-24(13-18(25)14-1-2-14)19-11-16-5-7-22-12-17(16)21(23-19)15-3-4-15/h11,14-15,18,22,26H,1-10,12-13H2/t18-/m0/s1. The van der Waals surface area contributed by atoms with Crippen molar-refractivity contribution >= 4 is 11.7 Å². The zero-order chi connectivity index (χ0) is 18.4. The van der Waals surface area contributed by atoms with Crippen LogP contribution in [0.3, 0.4) is 0 Å². The number of aromatic nitrogens is 1. The Morgan fingerprint density at radius 2 is 2.11 bits per heavy atom. The normalized spacial score (nSPS) is 25.4. The van der Waals surface area contributed by atoms with E-state index in [9.17, 15) is 4.79 Å². The third-order valence-electron chi connectivity index (χ3n) is 6.63. The number of anilines is 1. The number of carbonyl (C=O) groups excluding carboxylic acids is 1. The number of aliphatic hydroxyl groups excluding tert-OH is 1. The molecule has 6 heteroatoms. The molecule has 2 aliphatic heterocycles. The highest BCUT2D eigenvalue weighted by Gasteiger charge is 2.41. The van der Waals surface area contributed by atoms with Crippen LogP contribution in [0.1, 0.15) is 54.8 Å². The van der Waals surface area contributed by atoms with Gasteiger partial charge in [-0.2, -0.15) is 0 Å². The number of aliphatic hydroxyl groups is 1. The summed E-state index contributed by atoms with van der Waals surface area (Å²) in [6, 6.07) is 2.60. The van der Waals surface area contributed by atoms with Crippen molar-refractivity contribution in [2.75, 3.05) is 37.7 Å². The van der Waals surface area contributed by atoms with Gasteiger partial charge in [0.1, 0.15) is 5.82 Å². The summed E-state index contributed by atoms with van der Waals surface area (Å²) < 4.78 is 0. The van der Waals surface area contributed by atoms with Crippen LogP contribution in [-0.2, 0) is 17.8 Å². The molecule has 0 bridgehead atoms. The van der Waals surface area contributed by atoms with E-state index in [1.807, 2.05) is 4.90 Å². The smallest absolute Gasteiger partial charge is 0.225 e. The van der Waals surface area contributed by atoms with E-state index in [1.54, 1.807) is 0 Å². The number of rotatable bonds is 5. The minimum atomic E-state index is -0.0540. The molecule has 1 aromatic rings. The van der Waals surface area contributed by atoms with Crippen LogP contribution in [0, 0.1) is 5.92 Å². The average Bonchev–Trinajstić information content (AvgIpc) is 3.59. The lowest BCUT2D eigenvalue weighted by atomic mass is 9.97. The summed E-state index contributed by atoms with van der Waals surface area (Å²) in [5.74, 6) is 2.51. The molecule has 1 amide bonds. The molecule has 1 aromatic heterocycles. The molecule has 0 unspecified atom stereocenters. The fourth-order valence-corrected chi connectivity index (χ4v) is 4.80. The van der Waals surface area contributed by atoms with Crippen LogP contribution in [0.4, 0.5) is 5.82 Å². The van der Waals surface area contributed by atoms with Crippen LogP contribution >= 0.6 is 0 Å². The summed E-state index contributed by atoms with van der Waals surface area (Å²) in [5.41, 5.74) is 4.25. The molecule has 3 heterocycles. The minimum Gasteiger partial charge on any atom is -0.396 e. The highest BCUT2D eigenvalue weighted by molar-refractivity contribution is 5.77. The topological polar surface area (TPSA) is 68.7 Å². The third kappa shape index (κ3) is 3.45. The quantitative estimate of drug-likeness (QED) is 0.820. The summed E-state index contributed by atoms with van der Waals surface area (Å²) in [6.07, 6.45) is 6.33. The second-order valence-electron chi connectivity index (χ2n) is 8.62. The lowest BCUT2D eigenvalue weighted by molar-refractivity contribution is -0.135. The van der Waals surface area contributed by atoms with Gasteiger partial charge in [-0.3, -0.25) is 4.79 Å². The van der Waals surface area contributed by atoms with Crippen LogP contribution < -0.4 is 10.2 Å². The Hall–Kier alpha value is -1.66. The van der Waals surface area contributed by atoms with Crippen molar-refractivity contribution in [1.82, 2.24) is 15.2 Å². The van der Waals surface area contributed by atoms with Crippen molar-refractivity contribution in [2.24, 2.45) is 5.92 Å². The third-order valence-corrected chi connectivity index (χ3v) is 6.63. The SMILES string of the molecule is O=C(CCO)N1CCN(c2cc3c(c(C4CC4)n2)CNCC3)C[C@H]1C1CC1. The van der Waals surface area contributed by atoms with Crippen molar-refractivity contribution in [1.29, 1.82) is 0 Å². The molecule has 0 spiro atoms. The molecule has 1 saturated heterocycles. The van der Waals surface area contributed by atoms with Gasteiger partial charge >= 0.3 is 0 Å². The Balaban J connectivity index is 1.40. The summed E-state index contributed by atoms with van der Waals surface area (Å²) in [4.78, 5) is 22.0. The number of fused-ring (bicyclic) bond motifs is 1. The number of nitrogens with zero attached hydrogens (tertiary/aromatic N) is 3. The number of pyridine rings is 1. The number of piperazine rings is 1. The summed E-state index contributed by atoms with van der Waals surface area (Å²) in [7, 11) is 0. The monoisotopic (exact) mass is 370 g/mol. The minimum absolute atomic E-state index is 0.0540. The van der Waals surface area contributed by atoms with Gasteiger partial charge < -0.3 is 20.2 Å². The highest BCUT2D eigenvalue weighted by atomic mass is 16.3. The molecule has 0 aromatic carbocycles. The Morgan fingerprint density at radius 1 is 1.26 bits per heavy atom. The first-order valence-corrected chi connectivity index (χ1v) is 10.6. The number of amides is 1. The van der Waals surface area contributed by atoms with Crippen molar-refractivity contribution in [2.45, 2.75) is 57.0 Å². The number of carbonyl (C=O) groups is 1. The molecular weight excluding hydrogens is 340 g/mol. The van der Waals surface area contributed by atoms with Crippen LogP contribution in [0.25, 0.3) is 0 Å². The molecular formula is C21H30N4O2. The van der Waals surface area contributed by atoms with Crippen molar-refractivity contribution < 1.29 is 9.90 Å². The van der Waals surface area contributed by atoms with Gasteiger partial charge in [-0.25, -0.2) is 4.98 Å². The van der Waals surface area contributed by atoms with E-state index in [2.05, 4.69) is 16.3 Å². The van der Waals surface area contributed by atoms with Crippen LogP contribution in [-0.4, -0.2) is 59.7 Å². The molecule has 2 saturated carbocycles. The van der Waals surface area contributed by atoms with Crippen molar-refractivity contribution in [3.8, 4) is 0 Å². The van der Waals surface area contributed by atoms with Gasteiger partial charge in [0.25, 0.3) is 0 Å². The Morgan fingerprint density at radius 3 is 2.85 bits per heavy atom. The number of hydrogen-bond acceptors (Lipinski definition) is 5. The summed E-state index contributed by atoms with van der Waals surface area (Å²) in [6.45, 7) is 4.43. The van der Waals surface area contributed by atoms with Gasteiger partial charge in [-0.1, -0.05) is 0 Å². The average molecular weight is 370 g/mol. The van der Waals surface area contributed by atoms with Crippen LogP contribution in [0.2, 0.25) is 0 Å². The zero-order valence-electron chi connectivity index (χ0n) is 16.0. The molecule has 27 heavy (non-hydrogen) atoms. The van der Waals surface area contributed by atoms with Crippen molar-refractivity contribution in [3.05, 3.63) is 22.9 Å². The maximum atomic E-state index is 12.5. The Kier molecular flexibility index (Phi) is 4.56. The molecule has 2 N–H and O–H groups in total. The molecule has 6 nitrogen and oxygen atoms in total. The van der Waals surface area contributed by atoms with Crippen LogP contribution in [0.5, 0.6) is 0 Å². The maximum Gasteiger partial charge on any atom is 0.225 e.